The van der Waals surface area contributed by atoms with Gasteiger partial charge in [0.1, 0.15) is 12.2 Å². The van der Waals surface area contributed by atoms with Crippen LogP contribution in [0.15, 0.2) is 18.7 Å². The molecule has 2 aromatic heterocycles. The molecule has 9 heteroatoms. The van der Waals surface area contributed by atoms with Crippen molar-refractivity contribution in [2.24, 2.45) is 5.84 Å². The second kappa shape index (κ2) is 4.75. The lowest BCUT2D eigenvalue weighted by molar-refractivity contribution is -0.384. The number of nitro groups is 1. The maximum atomic E-state index is 11.1. The summed E-state index contributed by atoms with van der Waals surface area (Å²) in [5, 5.41) is 11.1. The fourth-order valence-corrected chi connectivity index (χ4v) is 1.61. The van der Waals surface area contributed by atoms with Crippen LogP contribution in [0.3, 0.4) is 0 Å². The Balaban J connectivity index is 2.67. The molecule has 0 spiro atoms. The molecule has 0 saturated carbocycles. The second-order valence-electron chi connectivity index (χ2n) is 3.36. The molecule has 9 nitrogen and oxygen atoms in total. The number of nitrogen functional groups attached to an aromatic ring is 1. The van der Waals surface area contributed by atoms with Gasteiger partial charge in [0.05, 0.1) is 4.92 Å². The van der Waals surface area contributed by atoms with E-state index in [1.807, 2.05) is 6.92 Å². The van der Waals surface area contributed by atoms with E-state index in [-0.39, 0.29) is 17.3 Å². The van der Waals surface area contributed by atoms with Crippen LogP contribution in [0.2, 0.25) is 0 Å². The molecule has 0 amide bonds. The first-order valence-corrected chi connectivity index (χ1v) is 5.17. The Kier molecular flexibility index (Phi) is 3.15. The van der Waals surface area contributed by atoms with Crippen LogP contribution in [0.1, 0.15) is 12.7 Å². The van der Waals surface area contributed by atoms with Gasteiger partial charge in [-0.1, -0.05) is 6.92 Å². The van der Waals surface area contributed by atoms with E-state index >= 15 is 0 Å². The Labute approximate surface area is 102 Å². The van der Waals surface area contributed by atoms with Crippen molar-refractivity contribution in [3.8, 4) is 5.82 Å². The number of imidazole rings is 1. The Hall–Kier alpha value is -2.55. The number of anilines is 1. The fourth-order valence-electron chi connectivity index (χ4n) is 1.61. The van der Waals surface area contributed by atoms with Crippen LogP contribution in [-0.2, 0) is 6.42 Å². The quantitative estimate of drug-likeness (QED) is 0.457. The summed E-state index contributed by atoms with van der Waals surface area (Å²) in [6, 6.07) is 0. The maximum absolute atomic E-state index is 11.1. The number of hydrazine groups is 1. The highest BCUT2D eigenvalue weighted by Gasteiger charge is 2.24. The molecule has 0 aliphatic carbocycles. The molecule has 0 saturated heterocycles. The van der Waals surface area contributed by atoms with Crippen LogP contribution in [0.4, 0.5) is 11.5 Å². The number of rotatable bonds is 4. The van der Waals surface area contributed by atoms with Gasteiger partial charge in [-0.2, -0.15) is 0 Å². The number of hydrogen-bond acceptors (Lipinski definition) is 7. The molecule has 0 radical (unpaired) electrons. The van der Waals surface area contributed by atoms with Crippen molar-refractivity contribution in [1.29, 1.82) is 0 Å². The van der Waals surface area contributed by atoms with E-state index < -0.39 is 4.92 Å². The summed E-state index contributed by atoms with van der Waals surface area (Å²) < 4.78 is 1.54. The summed E-state index contributed by atoms with van der Waals surface area (Å²) in [4.78, 5) is 22.3. The van der Waals surface area contributed by atoms with E-state index in [1.165, 1.54) is 6.33 Å². The number of nitrogens with two attached hydrogens (primary N) is 1. The van der Waals surface area contributed by atoms with Crippen molar-refractivity contribution in [1.82, 2.24) is 19.5 Å². The van der Waals surface area contributed by atoms with Crippen molar-refractivity contribution in [2.75, 3.05) is 5.43 Å². The minimum absolute atomic E-state index is 0.0410. The predicted octanol–water partition coefficient (Wildman–Crippen LogP) is 0.419. The summed E-state index contributed by atoms with van der Waals surface area (Å²) in [5.41, 5.74) is 1.91. The van der Waals surface area contributed by atoms with Gasteiger partial charge in [-0.05, 0) is 0 Å². The van der Waals surface area contributed by atoms with Gasteiger partial charge in [0.15, 0.2) is 0 Å². The molecule has 0 atom stereocenters. The van der Waals surface area contributed by atoms with Gasteiger partial charge >= 0.3 is 5.69 Å². The van der Waals surface area contributed by atoms with Gasteiger partial charge in [-0.25, -0.2) is 20.8 Å². The van der Waals surface area contributed by atoms with E-state index in [4.69, 9.17) is 5.84 Å². The maximum Gasteiger partial charge on any atom is 0.355 e. The van der Waals surface area contributed by atoms with Crippen LogP contribution in [-0.4, -0.2) is 24.4 Å². The number of nitrogens with one attached hydrogen (secondary N) is 1. The van der Waals surface area contributed by atoms with E-state index in [9.17, 15) is 10.1 Å². The molecule has 0 bridgehead atoms. The molecule has 18 heavy (non-hydrogen) atoms. The summed E-state index contributed by atoms with van der Waals surface area (Å²) in [6.07, 6.45) is 4.99. The zero-order valence-corrected chi connectivity index (χ0v) is 9.57. The molecule has 94 valence electrons. The molecule has 0 fully saturated rings. The largest absolute Gasteiger partial charge is 0.355 e. The Morgan fingerprint density at radius 1 is 1.50 bits per heavy atom. The van der Waals surface area contributed by atoms with Crippen molar-refractivity contribution < 1.29 is 4.92 Å². The number of nitrogens with zero attached hydrogens (tertiary/aromatic N) is 5. The first kappa shape index (κ1) is 11.9. The lowest BCUT2D eigenvalue weighted by Crippen LogP contribution is -2.14. The molecule has 2 rings (SSSR count). The Morgan fingerprint density at radius 2 is 2.28 bits per heavy atom. The monoisotopic (exact) mass is 249 g/mol. The molecule has 0 aromatic carbocycles. The number of aryl methyl sites for hydroxylation is 1. The molecule has 0 aliphatic rings. The predicted molar refractivity (Wildman–Crippen MR) is 63.0 cm³/mol. The van der Waals surface area contributed by atoms with Crippen LogP contribution in [0.5, 0.6) is 0 Å². The van der Waals surface area contributed by atoms with E-state index in [2.05, 4.69) is 20.4 Å². The van der Waals surface area contributed by atoms with Gasteiger partial charge in [0, 0.05) is 18.8 Å². The Bertz CT molecular complexity index is 580. The number of aromatic nitrogens is 4. The molecule has 2 heterocycles. The summed E-state index contributed by atoms with van der Waals surface area (Å²) >= 11 is 0. The van der Waals surface area contributed by atoms with E-state index in [0.29, 0.717) is 12.2 Å². The van der Waals surface area contributed by atoms with Gasteiger partial charge in [-0.3, -0.25) is 14.7 Å². The lowest BCUT2D eigenvalue weighted by Gasteiger charge is -2.07. The third kappa shape index (κ3) is 1.86. The summed E-state index contributed by atoms with van der Waals surface area (Å²) in [6.45, 7) is 1.90. The van der Waals surface area contributed by atoms with Crippen molar-refractivity contribution in [3.05, 3.63) is 34.7 Å². The molecular weight excluding hydrogens is 238 g/mol. The van der Waals surface area contributed by atoms with Crippen molar-refractivity contribution in [3.63, 3.8) is 0 Å². The highest BCUT2D eigenvalue weighted by atomic mass is 16.6. The standard InChI is InChI=1S/C9H11N7O2/c1-2-6-11-3-4-15(6)9-7(16(17)18)8(14-10)12-5-13-9/h3-5H,2,10H2,1H3,(H,12,13,14). The highest BCUT2D eigenvalue weighted by molar-refractivity contribution is 5.63. The molecular formula is C9H11N7O2. The third-order valence-electron chi connectivity index (χ3n) is 2.38. The lowest BCUT2D eigenvalue weighted by atomic mass is 10.4. The van der Waals surface area contributed by atoms with Gasteiger partial charge in [-0.15, -0.1) is 0 Å². The van der Waals surface area contributed by atoms with Crippen LogP contribution < -0.4 is 11.3 Å². The molecule has 0 unspecified atom stereocenters. The van der Waals surface area contributed by atoms with Gasteiger partial charge < -0.3 is 5.43 Å². The summed E-state index contributed by atoms with van der Waals surface area (Å²) in [5.74, 6) is 5.97. The third-order valence-corrected chi connectivity index (χ3v) is 2.38. The van der Waals surface area contributed by atoms with Crippen LogP contribution >= 0.6 is 0 Å². The SMILES string of the molecule is CCc1nccn1-c1ncnc(NN)c1[N+](=O)[O-]. The van der Waals surface area contributed by atoms with E-state index in [1.54, 1.807) is 17.0 Å². The first-order chi connectivity index (χ1) is 8.69. The average Bonchev–Trinajstić information content (AvgIpc) is 2.85. The topological polar surface area (TPSA) is 125 Å². The Morgan fingerprint density at radius 3 is 2.89 bits per heavy atom. The van der Waals surface area contributed by atoms with Crippen molar-refractivity contribution in [2.45, 2.75) is 13.3 Å². The number of hydrogen-bond donors (Lipinski definition) is 2. The minimum Gasteiger partial charge on any atom is -0.303 e. The summed E-state index contributed by atoms with van der Waals surface area (Å²) in [7, 11) is 0. The van der Waals surface area contributed by atoms with Crippen LogP contribution in [0, 0.1) is 10.1 Å². The second-order valence-corrected chi connectivity index (χ2v) is 3.36. The minimum atomic E-state index is -0.579. The zero-order valence-electron chi connectivity index (χ0n) is 9.57. The first-order valence-electron chi connectivity index (χ1n) is 5.17. The van der Waals surface area contributed by atoms with Gasteiger partial charge in [0.25, 0.3) is 0 Å². The van der Waals surface area contributed by atoms with Crippen molar-refractivity contribution >= 4 is 11.5 Å². The highest BCUT2D eigenvalue weighted by Crippen LogP contribution is 2.27. The molecule has 2 aromatic rings. The molecule has 3 N–H and O–H groups in total. The normalized spacial score (nSPS) is 10.3. The van der Waals surface area contributed by atoms with E-state index in [0.717, 1.165) is 0 Å². The van der Waals surface area contributed by atoms with Crippen LogP contribution in [0.25, 0.3) is 5.82 Å². The fraction of sp³-hybridized carbons (Fsp3) is 0.222. The zero-order chi connectivity index (χ0) is 13.1. The smallest absolute Gasteiger partial charge is 0.303 e. The average molecular weight is 249 g/mol. The molecule has 0 aliphatic heterocycles. The van der Waals surface area contributed by atoms with Gasteiger partial charge in [0.2, 0.25) is 11.6 Å².